The maximum Gasteiger partial charge on any atom is 0.271 e. The molecule has 1 atom stereocenters. The summed E-state index contributed by atoms with van der Waals surface area (Å²) in [6, 6.07) is 9.58. The number of hydrogen-bond acceptors (Lipinski definition) is 5. The zero-order valence-electron chi connectivity index (χ0n) is 10.7. The Morgan fingerprint density at radius 2 is 2.14 bits per heavy atom. The third kappa shape index (κ3) is 2.86. The second-order valence-corrected chi connectivity index (χ2v) is 5.70. The van der Waals surface area contributed by atoms with E-state index in [2.05, 4.69) is 15.0 Å². The molecule has 2 heterocycles. The maximum absolute atomic E-state index is 12.1. The molecule has 0 saturated carbocycles. The molecule has 1 aromatic carbocycles. The van der Waals surface area contributed by atoms with Gasteiger partial charge in [0.05, 0.1) is 16.0 Å². The lowest BCUT2D eigenvalue weighted by Gasteiger charge is -2.06. The number of nitro groups is 1. The van der Waals surface area contributed by atoms with Crippen molar-refractivity contribution < 1.29 is 9.48 Å². The van der Waals surface area contributed by atoms with E-state index in [0.29, 0.717) is 21.9 Å². The van der Waals surface area contributed by atoms with Crippen LogP contribution in [-0.2, 0) is 16.9 Å². The predicted octanol–water partition coefficient (Wildman–Crippen LogP) is 2.17. The van der Waals surface area contributed by atoms with Crippen LogP contribution in [0.1, 0.15) is 5.82 Å². The van der Waals surface area contributed by atoms with Gasteiger partial charge in [0.2, 0.25) is 5.03 Å². The molecule has 0 aliphatic rings. The van der Waals surface area contributed by atoms with Crippen LogP contribution < -0.4 is 0 Å². The Kier molecular flexibility index (Phi) is 3.55. The lowest BCUT2D eigenvalue weighted by atomic mass is 10.3. The van der Waals surface area contributed by atoms with Crippen molar-refractivity contribution in [2.75, 3.05) is 0 Å². The van der Waals surface area contributed by atoms with E-state index in [0.717, 1.165) is 0 Å². The number of pyridine rings is 1. The minimum absolute atomic E-state index is 0.0219. The van der Waals surface area contributed by atoms with Gasteiger partial charge in [0.15, 0.2) is 11.6 Å². The minimum Gasteiger partial charge on any atom is -0.610 e. The van der Waals surface area contributed by atoms with E-state index in [1.807, 2.05) is 0 Å². The summed E-state index contributed by atoms with van der Waals surface area (Å²) < 4.78 is 12.1. The highest BCUT2D eigenvalue weighted by Crippen LogP contribution is 2.20. The fraction of sp³-hybridized carbons (Fsp3) is 0.0769. The first-order valence-corrected chi connectivity index (χ1v) is 7.38. The van der Waals surface area contributed by atoms with Crippen LogP contribution in [-0.4, -0.2) is 24.4 Å². The molecule has 7 nitrogen and oxygen atoms in total. The van der Waals surface area contributed by atoms with Gasteiger partial charge in [0, 0.05) is 35.6 Å². The number of aromatic nitrogens is 3. The van der Waals surface area contributed by atoms with Crippen molar-refractivity contribution in [2.45, 2.75) is 10.8 Å². The van der Waals surface area contributed by atoms with Gasteiger partial charge in [-0.3, -0.25) is 10.1 Å². The van der Waals surface area contributed by atoms with Crippen molar-refractivity contribution in [3.8, 4) is 0 Å². The standard InChI is InChI=1S/C13H10N4O3S/c18-17(19)9-4-5-10-11(7-9)16-12(15-10)8-21(20)13-3-1-2-6-14-13/h1-7H,8H2,(H,15,16). The van der Waals surface area contributed by atoms with Crippen molar-refractivity contribution in [3.05, 3.63) is 58.5 Å². The first-order valence-electron chi connectivity index (χ1n) is 6.06. The number of nitrogens with one attached hydrogen (secondary N) is 1. The van der Waals surface area contributed by atoms with Gasteiger partial charge in [-0.1, -0.05) is 6.07 Å². The SMILES string of the molecule is O=[N+]([O-])c1ccc2[nH]c(C[S+]([O-])c3ccccn3)nc2c1. The average molecular weight is 302 g/mol. The second-order valence-electron chi connectivity index (χ2n) is 4.30. The Morgan fingerprint density at radius 1 is 1.29 bits per heavy atom. The van der Waals surface area contributed by atoms with E-state index in [-0.39, 0.29) is 11.4 Å². The van der Waals surface area contributed by atoms with Crippen LogP contribution in [0.4, 0.5) is 5.69 Å². The summed E-state index contributed by atoms with van der Waals surface area (Å²) in [5.74, 6) is 0.689. The number of nitro benzene ring substituents is 1. The number of fused-ring (bicyclic) bond motifs is 1. The molecule has 2 aromatic heterocycles. The van der Waals surface area contributed by atoms with Crippen LogP contribution in [0.15, 0.2) is 47.6 Å². The molecule has 0 spiro atoms. The molecule has 0 amide bonds. The Balaban J connectivity index is 1.86. The quantitative estimate of drug-likeness (QED) is 0.451. The third-order valence-corrected chi connectivity index (χ3v) is 4.11. The number of H-pyrrole nitrogens is 1. The van der Waals surface area contributed by atoms with E-state index in [9.17, 15) is 14.7 Å². The number of non-ortho nitro benzene ring substituents is 1. The lowest BCUT2D eigenvalue weighted by molar-refractivity contribution is -0.384. The topological polar surface area (TPSA) is 108 Å². The largest absolute Gasteiger partial charge is 0.610 e. The van der Waals surface area contributed by atoms with Crippen LogP contribution in [0.2, 0.25) is 0 Å². The normalized spacial score (nSPS) is 12.4. The zero-order chi connectivity index (χ0) is 14.8. The van der Waals surface area contributed by atoms with Gasteiger partial charge in [-0.05, 0) is 12.1 Å². The molecular formula is C13H10N4O3S. The Bertz CT molecular complexity index is 790. The smallest absolute Gasteiger partial charge is 0.271 e. The lowest BCUT2D eigenvalue weighted by Crippen LogP contribution is -2.07. The molecule has 3 rings (SSSR count). The molecule has 0 fully saturated rings. The molecule has 0 aliphatic heterocycles. The number of hydrogen-bond donors (Lipinski definition) is 1. The minimum atomic E-state index is -1.31. The summed E-state index contributed by atoms with van der Waals surface area (Å²) in [7, 11) is 0. The van der Waals surface area contributed by atoms with E-state index >= 15 is 0 Å². The van der Waals surface area contributed by atoms with E-state index < -0.39 is 16.1 Å². The molecule has 0 aliphatic carbocycles. The molecule has 0 saturated heterocycles. The monoisotopic (exact) mass is 302 g/mol. The van der Waals surface area contributed by atoms with Crippen molar-refractivity contribution >= 4 is 27.9 Å². The van der Waals surface area contributed by atoms with Gasteiger partial charge in [-0.15, -0.1) is 0 Å². The van der Waals surface area contributed by atoms with Gasteiger partial charge < -0.3 is 9.54 Å². The number of aromatic amines is 1. The molecular weight excluding hydrogens is 292 g/mol. The summed E-state index contributed by atoms with van der Waals surface area (Å²) >= 11 is -1.31. The predicted molar refractivity (Wildman–Crippen MR) is 77.1 cm³/mol. The summed E-state index contributed by atoms with van der Waals surface area (Å²) in [5, 5.41) is 11.2. The number of benzene rings is 1. The third-order valence-electron chi connectivity index (χ3n) is 2.87. The van der Waals surface area contributed by atoms with Crippen molar-refractivity contribution in [2.24, 2.45) is 0 Å². The van der Waals surface area contributed by atoms with Crippen LogP contribution in [0.3, 0.4) is 0 Å². The van der Waals surface area contributed by atoms with Crippen LogP contribution in [0.5, 0.6) is 0 Å². The number of nitrogens with zero attached hydrogens (tertiary/aromatic N) is 3. The van der Waals surface area contributed by atoms with Crippen molar-refractivity contribution in [1.82, 2.24) is 15.0 Å². The average Bonchev–Trinajstić information content (AvgIpc) is 2.89. The van der Waals surface area contributed by atoms with Gasteiger partial charge in [0.1, 0.15) is 0 Å². The zero-order valence-corrected chi connectivity index (χ0v) is 11.5. The molecule has 21 heavy (non-hydrogen) atoms. The van der Waals surface area contributed by atoms with Crippen LogP contribution >= 0.6 is 0 Å². The molecule has 0 radical (unpaired) electrons. The molecule has 1 unspecified atom stereocenters. The molecule has 106 valence electrons. The van der Waals surface area contributed by atoms with Crippen LogP contribution in [0, 0.1) is 10.1 Å². The highest BCUT2D eigenvalue weighted by atomic mass is 32.2. The molecule has 3 aromatic rings. The summed E-state index contributed by atoms with van der Waals surface area (Å²) in [4.78, 5) is 21.5. The fourth-order valence-corrected chi connectivity index (χ4v) is 2.85. The molecule has 1 N–H and O–H groups in total. The summed E-state index contributed by atoms with van der Waals surface area (Å²) in [6.45, 7) is 0. The molecule has 8 heteroatoms. The fourth-order valence-electron chi connectivity index (χ4n) is 1.91. The second kappa shape index (κ2) is 5.51. The Morgan fingerprint density at radius 3 is 2.86 bits per heavy atom. The van der Waals surface area contributed by atoms with Gasteiger partial charge in [0.25, 0.3) is 5.69 Å². The number of rotatable bonds is 4. The summed E-state index contributed by atoms with van der Waals surface area (Å²) in [6.07, 6.45) is 1.58. The van der Waals surface area contributed by atoms with Crippen molar-refractivity contribution in [3.63, 3.8) is 0 Å². The first-order chi connectivity index (χ1) is 10.1. The summed E-state index contributed by atoms with van der Waals surface area (Å²) in [5.41, 5.74) is 1.14. The highest BCUT2D eigenvalue weighted by Gasteiger charge is 2.16. The van der Waals surface area contributed by atoms with Gasteiger partial charge in [-0.25, -0.2) is 9.97 Å². The first kappa shape index (κ1) is 13.5. The van der Waals surface area contributed by atoms with Crippen LogP contribution in [0.25, 0.3) is 11.0 Å². The van der Waals surface area contributed by atoms with Gasteiger partial charge >= 0.3 is 0 Å². The van der Waals surface area contributed by atoms with Gasteiger partial charge in [-0.2, -0.15) is 0 Å². The Labute approximate surface area is 122 Å². The van der Waals surface area contributed by atoms with E-state index in [1.54, 1.807) is 30.5 Å². The highest BCUT2D eigenvalue weighted by molar-refractivity contribution is 7.90. The van der Waals surface area contributed by atoms with E-state index in [4.69, 9.17) is 0 Å². The van der Waals surface area contributed by atoms with E-state index in [1.165, 1.54) is 12.1 Å². The Hall–Kier alpha value is -2.45. The van der Waals surface area contributed by atoms with Crippen molar-refractivity contribution in [1.29, 1.82) is 0 Å². The molecule has 0 bridgehead atoms. The maximum atomic E-state index is 12.1. The number of imidazole rings is 1.